The summed E-state index contributed by atoms with van der Waals surface area (Å²) in [5, 5.41) is 2.79. The number of amides is 1. The van der Waals surface area contributed by atoms with Gasteiger partial charge in [0.25, 0.3) is 11.5 Å². The lowest BCUT2D eigenvalue weighted by Gasteiger charge is -2.14. The predicted molar refractivity (Wildman–Crippen MR) is 121 cm³/mol. The van der Waals surface area contributed by atoms with Gasteiger partial charge in [0, 0.05) is 12.7 Å². The number of hydrogen-bond acceptors (Lipinski definition) is 6. The largest absolute Gasteiger partial charge is 0.496 e. The zero-order valence-electron chi connectivity index (χ0n) is 17.7. The first-order chi connectivity index (χ1) is 15.6. The van der Waals surface area contributed by atoms with E-state index in [2.05, 4.69) is 15.3 Å². The van der Waals surface area contributed by atoms with Crippen LogP contribution < -0.4 is 20.3 Å². The number of rotatable bonds is 7. The number of ether oxygens (including phenoxy) is 2. The molecule has 32 heavy (non-hydrogen) atoms. The monoisotopic (exact) mass is 430 g/mol. The second-order valence-electron chi connectivity index (χ2n) is 6.94. The maximum absolute atomic E-state index is 13.4. The molecule has 4 aromatic rings. The summed E-state index contributed by atoms with van der Waals surface area (Å²) in [5.74, 6) is 0.671. The van der Waals surface area contributed by atoms with Crippen molar-refractivity contribution in [1.82, 2.24) is 19.9 Å². The number of nitrogens with one attached hydrogen (secondary N) is 1. The molecule has 2 aromatic heterocycles. The number of nitrogens with zero attached hydrogens (tertiary/aromatic N) is 3. The SMILES string of the molecule is COc1ccccc1CCNC(=O)c1nc2cccnc2n(-c2ccccc2OC)c1=O. The van der Waals surface area contributed by atoms with E-state index in [0.717, 1.165) is 11.3 Å². The third-order valence-electron chi connectivity index (χ3n) is 5.03. The Morgan fingerprint density at radius 1 is 0.969 bits per heavy atom. The Bertz CT molecular complexity index is 1330. The van der Waals surface area contributed by atoms with Gasteiger partial charge in [0.05, 0.1) is 19.9 Å². The van der Waals surface area contributed by atoms with Crippen molar-refractivity contribution in [2.24, 2.45) is 0 Å². The lowest BCUT2D eigenvalue weighted by atomic mass is 10.1. The van der Waals surface area contributed by atoms with E-state index in [1.807, 2.05) is 24.3 Å². The molecule has 1 amide bonds. The number of methoxy groups -OCH3 is 2. The van der Waals surface area contributed by atoms with E-state index in [1.165, 1.54) is 11.7 Å². The van der Waals surface area contributed by atoms with Crippen LogP contribution in [0.1, 0.15) is 16.1 Å². The van der Waals surface area contributed by atoms with Crippen molar-refractivity contribution in [2.75, 3.05) is 20.8 Å². The lowest BCUT2D eigenvalue weighted by Crippen LogP contribution is -2.35. The molecule has 0 aliphatic rings. The molecule has 0 radical (unpaired) electrons. The molecule has 1 N–H and O–H groups in total. The Hall–Kier alpha value is -4.20. The van der Waals surface area contributed by atoms with Crippen LogP contribution in [0.25, 0.3) is 16.9 Å². The number of para-hydroxylation sites is 3. The number of aromatic nitrogens is 3. The average Bonchev–Trinajstić information content (AvgIpc) is 2.84. The van der Waals surface area contributed by atoms with Crippen LogP contribution >= 0.6 is 0 Å². The molecule has 0 saturated heterocycles. The van der Waals surface area contributed by atoms with Gasteiger partial charge >= 0.3 is 0 Å². The second-order valence-corrected chi connectivity index (χ2v) is 6.94. The average molecular weight is 430 g/mol. The zero-order valence-corrected chi connectivity index (χ0v) is 17.7. The van der Waals surface area contributed by atoms with Crippen LogP contribution in [0.5, 0.6) is 11.5 Å². The third-order valence-corrected chi connectivity index (χ3v) is 5.03. The van der Waals surface area contributed by atoms with E-state index >= 15 is 0 Å². The van der Waals surface area contributed by atoms with Gasteiger partial charge in [0.2, 0.25) is 0 Å². The minimum atomic E-state index is -0.574. The van der Waals surface area contributed by atoms with Gasteiger partial charge in [-0.15, -0.1) is 0 Å². The van der Waals surface area contributed by atoms with Crippen LogP contribution in [0.4, 0.5) is 0 Å². The molecule has 8 nitrogen and oxygen atoms in total. The van der Waals surface area contributed by atoms with Gasteiger partial charge in [-0.1, -0.05) is 30.3 Å². The zero-order chi connectivity index (χ0) is 22.5. The van der Waals surface area contributed by atoms with Gasteiger partial charge in [-0.25, -0.2) is 9.97 Å². The second kappa shape index (κ2) is 9.30. The van der Waals surface area contributed by atoms with Crippen LogP contribution in [0.3, 0.4) is 0 Å². The first kappa shape index (κ1) is 21.0. The fourth-order valence-electron chi connectivity index (χ4n) is 3.51. The molecule has 0 aliphatic heterocycles. The van der Waals surface area contributed by atoms with Crippen LogP contribution in [0.15, 0.2) is 71.7 Å². The highest BCUT2D eigenvalue weighted by Gasteiger charge is 2.20. The summed E-state index contributed by atoms with van der Waals surface area (Å²) in [6, 6.07) is 18.1. The first-order valence-corrected chi connectivity index (χ1v) is 10.0. The van der Waals surface area contributed by atoms with E-state index in [9.17, 15) is 9.59 Å². The van der Waals surface area contributed by atoms with Crippen LogP contribution in [-0.4, -0.2) is 41.2 Å². The van der Waals surface area contributed by atoms with Gasteiger partial charge in [0.1, 0.15) is 17.0 Å². The third kappa shape index (κ3) is 4.02. The molecule has 0 aliphatic carbocycles. The molecule has 4 rings (SSSR count). The van der Waals surface area contributed by atoms with Crippen molar-refractivity contribution in [3.05, 3.63) is 88.5 Å². The van der Waals surface area contributed by atoms with Crippen LogP contribution in [0.2, 0.25) is 0 Å². The van der Waals surface area contributed by atoms with Crippen molar-refractivity contribution >= 4 is 17.1 Å². The summed E-state index contributed by atoms with van der Waals surface area (Å²) in [5.41, 5.74) is 1.42. The highest BCUT2D eigenvalue weighted by Crippen LogP contribution is 2.23. The topological polar surface area (TPSA) is 95.3 Å². The van der Waals surface area contributed by atoms with Crippen LogP contribution in [0, 0.1) is 0 Å². The van der Waals surface area contributed by atoms with Gasteiger partial charge in [-0.05, 0) is 42.3 Å². The van der Waals surface area contributed by atoms with Crippen LogP contribution in [-0.2, 0) is 6.42 Å². The van der Waals surface area contributed by atoms with Gasteiger partial charge < -0.3 is 14.8 Å². The Kier molecular flexibility index (Phi) is 6.12. The molecular formula is C24H22N4O4. The van der Waals surface area contributed by atoms with Gasteiger partial charge in [0.15, 0.2) is 11.3 Å². The van der Waals surface area contributed by atoms with E-state index in [1.54, 1.807) is 49.7 Å². The lowest BCUT2D eigenvalue weighted by molar-refractivity contribution is 0.0947. The fourth-order valence-corrected chi connectivity index (χ4v) is 3.51. The molecule has 8 heteroatoms. The molecule has 0 bridgehead atoms. The Morgan fingerprint density at radius 3 is 2.47 bits per heavy atom. The number of carbonyl (C=O) groups is 1. The highest BCUT2D eigenvalue weighted by atomic mass is 16.5. The van der Waals surface area contributed by atoms with E-state index in [4.69, 9.17) is 9.47 Å². The normalized spacial score (nSPS) is 10.7. The summed E-state index contributed by atoms with van der Waals surface area (Å²) >= 11 is 0. The van der Waals surface area contributed by atoms with E-state index in [0.29, 0.717) is 35.6 Å². The first-order valence-electron chi connectivity index (χ1n) is 10.0. The predicted octanol–water partition coefficient (Wildman–Crippen LogP) is 2.77. The minimum absolute atomic E-state index is 0.212. The number of pyridine rings is 1. The maximum Gasteiger partial charge on any atom is 0.288 e. The van der Waals surface area contributed by atoms with E-state index in [-0.39, 0.29) is 5.69 Å². The number of hydrogen-bond donors (Lipinski definition) is 1. The molecule has 0 spiro atoms. The molecular weight excluding hydrogens is 408 g/mol. The standard InChI is InChI=1S/C24H22N4O4/c1-31-19-11-5-3-8-16(19)13-15-26-23(29)21-24(30)28(18-10-4-6-12-20(18)32-2)22-17(27-21)9-7-14-25-22/h3-12,14H,13,15H2,1-2H3,(H,26,29). The Labute approximate surface area is 184 Å². The molecule has 0 saturated carbocycles. The number of fused-ring (bicyclic) bond motifs is 1. The fraction of sp³-hybridized carbons (Fsp3) is 0.167. The van der Waals surface area contributed by atoms with Crippen molar-refractivity contribution in [3.63, 3.8) is 0 Å². The molecule has 0 atom stereocenters. The number of benzene rings is 2. The maximum atomic E-state index is 13.4. The van der Waals surface area contributed by atoms with Crippen molar-refractivity contribution in [3.8, 4) is 17.2 Å². The minimum Gasteiger partial charge on any atom is -0.496 e. The number of carbonyl (C=O) groups excluding carboxylic acids is 1. The van der Waals surface area contributed by atoms with Gasteiger partial charge in [-0.3, -0.25) is 14.2 Å². The molecule has 162 valence electrons. The van der Waals surface area contributed by atoms with Crippen molar-refractivity contribution in [2.45, 2.75) is 6.42 Å². The van der Waals surface area contributed by atoms with Crippen molar-refractivity contribution < 1.29 is 14.3 Å². The molecule has 0 fully saturated rings. The Balaban J connectivity index is 1.69. The smallest absolute Gasteiger partial charge is 0.288 e. The summed E-state index contributed by atoms with van der Waals surface area (Å²) in [6.45, 7) is 0.320. The summed E-state index contributed by atoms with van der Waals surface area (Å²) < 4.78 is 12.1. The van der Waals surface area contributed by atoms with Crippen molar-refractivity contribution in [1.29, 1.82) is 0 Å². The summed E-state index contributed by atoms with van der Waals surface area (Å²) in [7, 11) is 3.12. The molecule has 2 aromatic carbocycles. The summed E-state index contributed by atoms with van der Waals surface area (Å²) in [4.78, 5) is 34.9. The Morgan fingerprint density at radius 2 is 1.69 bits per heavy atom. The molecule has 0 unspecified atom stereocenters. The summed E-state index contributed by atoms with van der Waals surface area (Å²) in [6.07, 6.45) is 2.12. The highest BCUT2D eigenvalue weighted by molar-refractivity contribution is 5.93. The van der Waals surface area contributed by atoms with E-state index < -0.39 is 11.5 Å². The van der Waals surface area contributed by atoms with Gasteiger partial charge in [-0.2, -0.15) is 0 Å². The molecule has 2 heterocycles. The quantitative estimate of drug-likeness (QED) is 0.484.